The number of guanidine groups is 1. The Labute approximate surface area is 179 Å². The quantitative estimate of drug-likeness (QED) is 0.281. The lowest BCUT2D eigenvalue weighted by molar-refractivity contribution is -0.131. The van der Waals surface area contributed by atoms with Crippen LogP contribution in [-0.4, -0.2) is 49.1 Å². The average molecular weight is 486 g/mol. The summed E-state index contributed by atoms with van der Waals surface area (Å²) < 4.78 is 5.78. The molecular formula is C20H31IN4O2. The van der Waals surface area contributed by atoms with E-state index in [0.29, 0.717) is 6.42 Å². The average Bonchev–Trinajstić information content (AvgIpc) is 3.27. The third-order valence-electron chi connectivity index (χ3n) is 5.21. The molecule has 150 valence electrons. The van der Waals surface area contributed by atoms with Crippen LogP contribution in [0.5, 0.6) is 0 Å². The van der Waals surface area contributed by atoms with Crippen molar-refractivity contribution in [2.45, 2.75) is 51.3 Å². The number of hydrogen-bond donors (Lipinski definition) is 2. The minimum absolute atomic E-state index is 0. The van der Waals surface area contributed by atoms with E-state index < -0.39 is 0 Å². The van der Waals surface area contributed by atoms with Crippen LogP contribution in [0.2, 0.25) is 0 Å². The second kappa shape index (κ2) is 10.3. The minimum Gasteiger partial charge on any atom is -0.373 e. The number of carbonyl (C=O) groups excluding carboxylic acids is 1. The summed E-state index contributed by atoms with van der Waals surface area (Å²) in [5, 5.41) is 6.61. The topological polar surface area (TPSA) is 66.0 Å². The molecule has 1 amide bonds. The van der Waals surface area contributed by atoms with Gasteiger partial charge in [0.05, 0.1) is 5.60 Å². The summed E-state index contributed by atoms with van der Waals surface area (Å²) in [6.07, 6.45) is 3.54. The van der Waals surface area contributed by atoms with Gasteiger partial charge in [-0.05, 0) is 37.3 Å². The molecule has 1 atom stereocenters. The minimum atomic E-state index is -0.0989. The van der Waals surface area contributed by atoms with Crippen LogP contribution >= 0.6 is 24.0 Å². The summed E-state index contributed by atoms with van der Waals surface area (Å²) >= 11 is 0. The molecule has 2 heterocycles. The second-order valence-electron chi connectivity index (χ2n) is 7.38. The molecule has 0 bridgehead atoms. The number of aliphatic imine (C=N–C) groups is 1. The molecule has 3 rings (SSSR count). The van der Waals surface area contributed by atoms with Gasteiger partial charge in [-0.25, -0.2) is 0 Å². The number of carbonyl (C=O) groups is 1. The summed E-state index contributed by atoms with van der Waals surface area (Å²) in [5.74, 6) is 0.987. The highest BCUT2D eigenvalue weighted by atomic mass is 127. The molecule has 0 aromatic heterocycles. The number of halogens is 1. The normalized spacial score (nSPS) is 21.6. The zero-order chi connectivity index (χ0) is 18.4. The number of fused-ring (bicyclic) bond motifs is 1. The number of hydrogen-bond acceptors (Lipinski definition) is 3. The summed E-state index contributed by atoms with van der Waals surface area (Å²) in [6, 6.07) is 8.28. The van der Waals surface area contributed by atoms with E-state index in [9.17, 15) is 4.79 Å². The monoisotopic (exact) mass is 486 g/mol. The molecule has 7 heteroatoms. The van der Waals surface area contributed by atoms with Crippen LogP contribution < -0.4 is 10.6 Å². The van der Waals surface area contributed by atoms with Gasteiger partial charge in [-0.15, -0.1) is 24.0 Å². The fourth-order valence-electron chi connectivity index (χ4n) is 3.58. The van der Waals surface area contributed by atoms with Gasteiger partial charge in [0.25, 0.3) is 0 Å². The SMILES string of the molecule is CN=C(NCCCC(=O)N1Cc2ccccc2C1)NCC1(C)CCCO1.I. The Morgan fingerprint density at radius 1 is 1.26 bits per heavy atom. The Kier molecular flexibility index (Phi) is 8.34. The molecule has 2 N–H and O–H groups in total. The fourth-order valence-corrected chi connectivity index (χ4v) is 3.58. The molecule has 6 nitrogen and oxygen atoms in total. The lowest BCUT2D eigenvalue weighted by Crippen LogP contribution is -2.45. The van der Waals surface area contributed by atoms with Gasteiger partial charge < -0.3 is 20.3 Å². The van der Waals surface area contributed by atoms with Crippen LogP contribution in [0.15, 0.2) is 29.3 Å². The van der Waals surface area contributed by atoms with Crippen LogP contribution in [-0.2, 0) is 22.6 Å². The van der Waals surface area contributed by atoms with Crippen molar-refractivity contribution in [1.29, 1.82) is 0 Å². The zero-order valence-corrected chi connectivity index (χ0v) is 18.6. The van der Waals surface area contributed by atoms with Crippen LogP contribution in [0, 0.1) is 0 Å². The van der Waals surface area contributed by atoms with Crippen molar-refractivity contribution >= 4 is 35.8 Å². The molecule has 1 fully saturated rings. The summed E-state index contributed by atoms with van der Waals surface area (Å²) in [7, 11) is 1.76. The van der Waals surface area contributed by atoms with Crippen LogP contribution in [0.4, 0.5) is 0 Å². The standard InChI is InChI=1S/C20H30N4O2.HI/c1-20(10-6-12-26-20)15-23-19(21-2)22-11-5-9-18(25)24-13-16-7-3-4-8-17(16)14-24;/h3-4,7-8H,5-6,9-15H2,1-2H3,(H2,21,22,23);1H. The van der Waals surface area contributed by atoms with Crippen LogP contribution in [0.1, 0.15) is 43.7 Å². The second-order valence-corrected chi connectivity index (χ2v) is 7.38. The van der Waals surface area contributed by atoms with E-state index in [-0.39, 0.29) is 35.5 Å². The number of rotatable bonds is 6. The molecule has 1 aromatic rings. The summed E-state index contributed by atoms with van der Waals surface area (Å²) in [5.41, 5.74) is 2.44. The zero-order valence-electron chi connectivity index (χ0n) is 16.3. The van der Waals surface area contributed by atoms with Gasteiger partial charge in [0, 0.05) is 46.3 Å². The third-order valence-corrected chi connectivity index (χ3v) is 5.21. The first-order valence-corrected chi connectivity index (χ1v) is 9.53. The van der Waals surface area contributed by atoms with E-state index in [2.05, 4.69) is 34.7 Å². The molecule has 1 aromatic carbocycles. The molecule has 0 radical (unpaired) electrons. The molecule has 1 unspecified atom stereocenters. The predicted molar refractivity (Wildman–Crippen MR) is 118 cm³/mol. The lowest BCUT2D eigenvalue weighted by Gasteiger charge is -2.24. The Balaban J connectivity index is 0.00000261. The van der Waals surface area contributed by atoms with E-state index in [1.54, 1.807) is 7.05 Å². The maximum absolute atomic E-state index is 12.4. The third kappa shape index (κ3) is 6.07. The van der Waals surface area contributed by atoms with E-state index in [4.69, 9.17) is 4.74 Å². The van der Waals surface area contributed by atoms with Gasteiger partial charge in [0.2, 0.25) is 5.91 Å². The lowest BCUT2D eigenvalue weighted by atomic mass is 10.0. The van der Waals surface area contributed by atoms with Crippen molar-refractivity contribution in [2.75, 3.05) is 26.7 Å². The van der Waals surface area contributed by atoms with Crippen molar-refractivity contribution in [3.63, 3.8) is 0 Å². The number of nitrogens with one attached hydrogen (secondary N) is 2. The largest absolute Gasteiger partial charge is 0.373 e. The first kappa shape index (κ1) is 21.9. The van der Waals surface area contributed by atoms with E-state index in [1.165, 1.54) is 11.1 Å². The molecule has 2 aliphatic heterocycles. The van der Waals surface area contributed by atoms with Crippen molar-refractivity contribution in [3.05, 3.63) is 35.4 Å². The summed E-state index contributed by atoms with van der Waals surface area (Å²) in [6.45, 7) is 5.93. The first-order chi connectivity index (χ1) is 12.6. The highest BCUT2D eigenvalue weighted by Gasteiger charge is 2.29. The molecule has 1 saturated heterocycles. The Morgan fingerprint density at radius 3 is 2.56 bits per heavy atom. The van der Waals surface area contributed by atoms with Crippen molar-refractivity contribution in [2.24, 2.45) is 4.99 Å². The molecular weight excluding hydrogens is 455 g/mol. The van der Waals surface area contributed by atoms with Gasteiger partial charge in [-0.2, -0.15) is 0 Å². The molecule has 2 aliphatic rings. The molecule has 0 spiro atoms. The fraction of sp³-hybridized carbons (Fsp3) is 0.600. The van der Waals surface area contributed by atoms with Crippen molar-refractivity contribution in [1.82, 2.24) is 15.5 Å². The smallest absolute Gasteiger partial charge is 0.223 e. The molecule has 27 heavy (non-hydrogen) atoms. The number of amides is 1. The number of ether oxygens (including phenoxy) is 1. The summed E-state index contributed by atoms with van der Waals surface area (Å²) in [4.78, 5) is 18.6. The van der Waals surface area contributed by atoms with Crippen molar-refractivity contribution < 1.29 is 9.53 Å². The van der Waals surface area contributed by atoms with E-state index >= 15 is 0 Å². The van der Waals surface area contributed by atoms with E-state index in [0.717, 1.165) is 58.0 Å². The number of nitrogens with zero attached hydrogens (tertiary/aromatic N) is 2. The highest BCUT2D eigenvalue weighted by molar-refractivity contribution is 14.0. The van der Waals surface area contributed by atoms with Gasteiger partial charge in [0.15, 0.2) is 5.96 Å². The predicted octanol–water partition coefficient (Wildman–Crippen LogP) is 2.66. The van der Waals surface area contributed by atoms with Crippen LogP contribution in [0.25, 0.3) is 0 Å². The first-order valence-electron chi connectivity index (χ1n) is 9.53. The van der Waals surface area contributed by atoms with Gasteiger partial charge in [-0.3, -0.25) is 9.79 Å². The Hall–Kier alpha value is -1.35. The maximum atomic E-state index is 12.4. The maximum Gasteiger partial charge on any atom is 0.223 e. The number of benzene rings is 1. The highest BCUT2D eigenvalue weighted by Crippen LogP contribution is 2.24. The van der Waals surface area contributed by atoms with Crippen LogP contribution in [0.3, 0.4) is 0 Å². The molecule has 0 saturated carbocycles. The van der Waals surface area contributed by atoms with E-state index in [1.807, 2.05) is 17.0 Å². The van der Waals surface area contributed by atoms with Gasteiger partial charge in [0.1, 0.15) is 0 Å². The Morgan fingerprint density at radius 2 is 1.96 bits per heavy atom. The Bertz CT molecular complexity index is 634. The van der Waals surface area contributed by atoms with Crippen molar-refractivity contribution in [3.8, 4) is 0 Å². The molecule has 0 aliphatic carbocycles. The van der Waals surface area contributed by atoms with Gasteiger partial charge >= 0.3 is 0 Å². The van der Waals surface area contributed by atoms with Gasteiger partial charge in [-0.1, -0.05) is 24.3 Å².